The van der Waals surface area contributed by atoms with Gasteiger partial charge in [0.25, 0.3) is 0 Å². The number of nitrogens with zero attached hydrogens (tertiary/aromatic N) is 2. The Hall–Kier alpha value is -0.170. The molecular weight excluding hydrogens is 420 g/mol. The summed E-state index contributed by atoms with van der Waals surface area (Å²) in [6.07, 6.45) is 11.4. The topological polar surface area (TPSA) is 57.2 Å². The molecule has 0 bridgehead atoms. The smallest absolute Gasteiger partial charge is 0.128 e. The first kappa shape index (κ1) is 34.0. The van der Waals surface area contributed by atoms with Crippen molar-refractivity contribution in [3.05, 3.63) is 0 Å². The average molecular weight is 480 g/mol. The summed E-state index contributed by atoms with van der Waals surface area (Å²) >= 11 is 0. The minimum absolute atomic E-state index is 0.191. The second-order valence-electron chi connectivity index (χ2n) is 9.47. The fraction of sp³-hybridized carbons (Fsp3) is 1.00. The molecular formula is C26H59N2O3S+. The average Bonchev–Trinajstić information content (AvgIpc) is 2.79. The Balaban J connectivity index is 0. The Morgan fingerprint density at radius 3 is 1.03 bits per heavy atom. The lowest BCUT2D eigenvalue weighted by molar-refractivity contribution is -0.976. The molecule has 0 N–H and O–H groups in total. The molecule has 0 radical (unpaired) electrons. The third-order valence-corrected chi connectivity index (χ3v) is 8.61. The quantitative estimate of drug-likeness (QED) is 0.119. The van der Waals surface area contributed by atoms with E-state index < -0.39 is 10.1 Å². The van der Waals surface area contributed by atoms with Crippen LogP contribution in [0.25, 0.3) is 0 Å². The Morgan fingerprint density at radius 1 is 0.500 bits per heavy atom. The van der Waals surface area contributed by atoms with Crippen molar-refractivity contribution in [3.63, 3.8) is 0 Å². The summed E-state index contributed by atoms with van der Waals surface area (Å²) in [7, 11) is -3.98. The predicted molar refractivity (Wildman–Crippen MR) is 140 cm³/mol. The van der Waals surface area contributed by atoms with E-state index in [9.17, 15) is 13.0 Å². The van der Waals surface area contributed by atoms with Crippen LogP contribution in [0.15, 0.2) is 0 Å². The van der Waals surface area contributed by atoms with Crippen LogP contribution in [-0.2, 0) is 10.1 Å². The molecule has 0 rings (SSSR count). The molecule has 0 spiro atoms. The number of hydrogen-bond donors (Lipinski definition) is 0. The van der Waals surface area contributed by atoms with E-state index in [0.29, 0.717) is 6.42 Å². The number of hydrogen-bond acceptors (Lipinski definition) is 3. The van der Waals surface area contributed by atoms with Gasteiger partial charge < -0.3 is 13.5 Å². The maximum absolute atomic E-state index is 10.3. The molecule has 6 heteroatoms. The van der Waals surface area contributed by atoms with Crippen molar-refractivity contribution in [2.24, 2.45) is 0 Å². The predicted octanol–water partition coefficient (Wildman–Crippen LogP) is 6.19. The van der Waals surface area contributed by atoms with Gasteiger partial charge in [-0.1, -0.05) is 64.7 Å². The van der Waals surface area contributed by atoms with Crippen LogP contribution in [0.4, 0.5) is 0 Å². The molecule has 0 heterocycles. The van der Waals surface area contributed by atoms with Crippen LogP contribution in [0.3, 0.4) is 0 Å². The van der Waals surface area contributed by atoms with Crippen molar-refractivity contribution in [2.45, 2.75) is 113 Å². The summed E-state index contributed by atoms with van der Waals surface area (Å²) in [5.41, 5.74) is 0. The highest BCUT2D eigenvalue weighted by Gasteiger charge is 2.28. The zero-order valence-electron chi connectivity index (χ0n) is 23.0. The van der Waals surface area contributed by atoms with Crippen LogP contribution in [0.5, 0.6) is 0 Å². The van der Waals surface area contributed by atoms with Crippen LogP contribution in [-0.4, -0.2) is 80.0 Å². The van der Waals surface area contributed by atoms with E-state index in [0.717, 1.165) is 12.8 Å². The van der Waals surface area contributed by atoms with E-state index in [1.54, 1.807) is 0 Å². The van der Waals surface area contributed by atoms with E-state index in [4.69, 9.17) is 0 Å². The van der Waals surface area contributed by atoms with E-state index in [1.807, 2.05) is 0 Å². The molecule has 0 aliphatic carbocycles. The number of rotatable bonds is 20. The largest absolute Gasteiger partial charge is 0.748 e. The van der Waals surface area contributed by atoms with Crippen molar-refractivity contribution in [2.75, 3.05) is 58.1 Å². The monoisotopic (exact) mass is 479 g/mol. The lowest BCUT2D eigenvalue weighted by Crippen LogP contribution is -2.57. The molecule has 0 fully saturated rings. The Labute approximate surface area is 202 Å². The van der Waals surface area contributed by atoms with Gasteiger partial charge in [0.2, 0.25) is 0 Å². The standard InChI is InChI=1S/C14H34N2.C12H26O3S/c1-7-15(8-2,9-3)13-14-16(10-4,11-5)12-6;1-2-3-4-5-6-7-8-9-10-11-12-16(13,14)15/h7-14H2,1-6H3;2-12H2,1H3,(H,13,14,15)/q+2;/p-1. The first-order valence-electron chi connectivity index (χ1n) is 13.8. The first-order chi connectivity index (χ1) is 15.1. The molecule has 0 aliphatic rings. The maximum atomic E-state index is 10.3. The summed E-state index contributed by atoms with van der Waals surface area (Å²) in [6, 6.07) is 0. The lowest BCUT2D eigenvalue weighted by atomic mass is 10.1. The summed E-state index contributed by atoms with van der Waals surface area (Å²) in [4.78, 5) is 0. The van der Waals surface area contributed by atoms with E-state index in [2.05, 4.69) is 48.5 Å². The van der Waals surface area contributed by atoms with Crippen molar-refractivity contribution >= 4 is 10.1 Å². The van der Waals surface area contributed by atoms with Crippen molar-refractivity contribution in [1.82, 2.24) is 0 Å². The van der Waals surface area contributed by atoms with E-state index in [1.165, 1.54) is 106 Å². The number of likely N-dealkylation sites (N-methyl/N-ethyl adjacent to an activating group) is 2. The third-order valence-electron chi connectivity index (χ3n) is 7.82. The third kappa shape index (κ3) is 17.3. The zero-order chi connectivity index (χ0) is 24.9. The van der Waals surface area contributed by atoms with Crippen LogP contribution in [0.2, 0.25) is 0 Å². The second-order valence-corrected chi connectivity index (χ2v) is 11.0. The molecule has 32 heavy (non-hydrogen) atoms. The van der Waals surface area contributed by atoms with Gasteiger partial charge in [0, 0.05) is 5.75 Å². The first-order valence-corrected chi connectivity index (χ1v) is 15.3. The fourth-order valence-electron chi connectivity index (χ4n) is 4.48. The molecule has 0 saturated heterocycles. The Morgan fingerprint density at radius 2 is 0.781 bits per heavy atom. The molecule has 0 aromatic carbocycles. The van der Waals surface area contributed by atoms with Crippen LogP contribution in [0, 0.1) is 0 Å². The van der Waals surface area contributed by atoms with Gasteiger partial charge in [0.1, 0.15) is 13.1 Å². The van der Waals surface area contributed by atoms with Gasteiger partial charge in [0.15, 0.2) is 0 Å². The van der Waals surface area contributed by atoms with Crippen LogP contribution in [0.1, 0.15) is 113 Å². The lowest BCUT2D eigenvalue weighted by Gasteiger charge is -2.41. The zero-order valence-corrected chi connectivity index (χ0v) is 23.8. The van der Waals surface area contributed by atoms with Gasteiger partial charge in [-0.2, -0.15) is 0 Å². The van der Waals surface area contributed by atoms with E-state index >= 15 is 0 Å². The van der Waals surface area contributed by atoms with Crippen LogP contribution >= 0.6 is 0 Å². The highest BCUT2D eigenvalue weighted by atomic mass is 32.2. The highest BCUT2D eigenvalue weighted by molar-refractivity contribution is 7.85. The van der Waals surface area contributed by atoms with Gasteiger partial charge in [-0.3, -0.25) is 0 Å². The molecule has 0 aromatic rings. The summed E-state index contributed by atoms with van der Waals surface area (Å²) in [6.45, 7) is 26.6. The minimum atomic E-state index is -3.98. The molecule has 0 unspecified atom stereocenters. The molecule has 0 aliphatic heterocycles. The van der Waals surface area contributed by atoms with Gasteiger partial charge in [-0.15, -0.1) is 0 Å². The number of quaternary nitrogens is 2. The van der Waals surface area contributed by atoms with E-state index in [-0.39, 0.29) is 5.75 Å². The molecule has 196 valence electrons. The van der Waals surface area contributed by atoms with Gasteiger partial charge in [-0.05, 0) is 48.0 Å². The minimum Gasteiger partial charge on any atom is -0.748 e. The fourth-order valence-corrected chi connectivity index (χ4v) is 5.04. The summed E-state index contributed by atoms with van der Waals surface area (Å²) < 4.78 is 33.5. The normalized spacial score (nSPS) is 12.5. The molecule has 0 aromatic heterocycles. The molecule has 5 nitrogen and oxygen atoms in total. The molecule has 0 atom stereocenters. The second kappa shape index (κ2) is 20.2. The van der Waals surface area contributed by atoms with Crippen molar-refractivity contribution in [3.8, 4) is 0 Å². The van der Waals surface area contributed by atoms with Gasteiger partial charge >= 0.3 is 0 Å². The Kier molecular flexibility index (Phi) is 21.5. The SMILES string of the molecule is CCCCCCCCCCCCS(=O)(=O)[O-].CC[N+](CC)(CC)CC[N+](CC)(CC)CC. The van der Waals surface area contributed by atoms with Gasteiger partial charge in [0.05, 0.1) is 49.4 Å². The van der Waals surface area contributed by atoms with Crippen molar-refractivity contribution < 1.29 is 21.9 Å². The highest BCUT2D eigenvalue weighted by Crippen LogP contribution is 2.12. The van der Waals surface area contributed by atoms with Gasteiger partial charge in [-0.25, -0.2) is 8.42 Å². The Bertz CT molecular complexity index is 465. The van der Waals surface area contributed by atoms with Crippen molar-refractivity contribution in [1.29, 1.82) is 0 Å². The van der Waals surface area contributed by atoms with Crippen LogP contribution < -0.4 is 0 Å². The molecule has 0 saturated carbocycles. The maximum Gasteiger partial charge on any atom is 0.128 e. The molecule has 0 amide bonds. The summed E-state index contributed by atoms with van der Waals surface area (Å²) in [5.74, 6) is -0.191. The summed E-state index contributed by atoms with van der Waals surface area (Å²) in [5, 5.41) is 0. The number of unbranched alkanes of at least 4 members (excludes halogenated alkanes) is 9.